The molecule has 1 aliphatic carbocycles. The quantitative estimate of drug-likeness (QED) is 0.647. The van der Waals surface area contributed by atoms with Gasteiger partial charge in [0.05, 0.1) is 27.8 Å². The first-order valence-corrected chi connectivity index (χ1v) is 9.20. The van der Waals surface area contributed by atoms with E-state index in [1.165, 1.54) is 27.8 Å². The molecule has 0 aromatic heterocycles. The van der Waals surface area contributed by atoms with Gasteiger partial charge in [0.1, 0.15) is 0 Å². The lowest BCUT2D eigenvalue weighted by molar-refractivity contribution is -0.152. The van der Waals surface area contributed by atoms with Crippen molar-refractivity contribution < 1.29 is 28.5 Å². The van der Waals surface area contributed by atoms with Crippen LogP contribution in [0.15, 0.2) is 12.1 Å². The fourth-order valence-electron chi connectivity index (χ4n) is 3.37. The maximum atomic E-state index is 12.3. The fraction of sp³-hybridized carbons (Fsp3) is 0.600. The van der Waals surface area contributed by atoms with E-state index in [1.54, 1.807) is 24.1 Å². The van der Waals surface area contributed by atoms with Gasteiger partial charge in [-0.1, -0.05) is 19.3 Å². The van der Waals surface area contributed by atoms with Crippen LogP contribution in [0.25, 0.3) is 0 Å². The lowest BCUT2D eigenvalue weighted by Crippen LogP contribution is -2.40. The molecule has 1 amide bonds. The second-order valence-electron chi connectivity index (χ2n) is 6.67. The molecule has 0 aliphatic heterocycles. The van der Waals surface area contributed by atoms with Gasteiger partial charge in [0.25, 0.3) is 5.91 Å². The van der Waals surface area contributed by atoms with Crippen LogP contribution in [0.3, 0.4) is 0 Å². The van der Waals surface area contributed by atoms with Crippen LogP contribution in [0.2, 0.25) is 0 Å². The van der Waals surface area contributed by atoms with Crippen LogP contribution in [-0.2, 0) is 20.7 Å². The number of benzene rings is 1. The predicted octanol–water partition coefficient (Wildman–Crippen LogP) is 2.59. The van der Waals surface area contributed by atoms with Crippen LogP contribution >= 0.6 is 0 Å². The van der Waals surface area contributed by atoms with Crippen LogP contribution < -0.4 is 14.2 Å². The topological polar surface area (TPSA) is 74.3 Å². The summed E-state index contributed by atoms with van der Waals surface area (Å²) in [6.07, 6.45) is 5.55. The number of amides is 1. The predicted molar refractivity (Wildman–Crippen MR) is 100 cm³/mol. The summed E-state index contributed by atoms with van der Waals surface area (Å²) in [5.74, 6) is 0.747. The number of rotatable bonds is 8. The SMILES string of the molecule is COc1cc(CC(=O)OCC(=O)N(C)C2CCCCC2)cc(OC)c1OC. The highest BCUT2D eigenvalue weighted by molar-refractivity contribution is 5.81. The number of hydrogen-bond donors (Lipinski definition) is 0. The Bertz CT molecular complexity index is 629. The molecule has 7 heteroatoms. The van der Waals surface area contributed by atoms with Crippen molar-refractivity contribution in [3.63, 3.8) is 0 Å². The number of likely N-dealkylation sites (N-methyl/N-ethyl adjacent to an activating group) is 1. The highest BCUT2D eigenvalue weighted by Gasteiger charge is 2.23. The monoisotopic (exact) mass is 379 g/mol. The van der Waals surface area contributed by atoms with Gasteiger partial charge in [-0.15, -0.1) is 0 Å². The molecular formula is C20H29NO6. The molecule has 0 N–H and O–H groups in total. The smallest absolute Gasteiger partial charge is 0.310 e. The number of methoxy groups -OCH3 is 3. The number of carbonyl (C=O) groups is 2. The maximum Gasteiger partial charge on any atom is 0.310 e. The number of esters is 1. The van der Waals surface area contributed by atoms with E-state index in [1.807, 2.05) is 0 Å². The molecule has 1 aromatic rings. The zero-order chi connectivity index (χ0) is 19.8. The largest absolute Gasteiger partial charge is 0.493 e. The molecule has 0 spiro atoms. The van der Waals surface area contributed by atoms with Gasteiger partial charge in [0.15, 0.2) is 18.1 Å². The van der Waals surface area contributed by atoms with Crippen molar-refractivity contribution in [3.8, 4) is 17.2 Å². The molecule has 0 bridgehead atoms. The average molecular weight is 379 g/mol. The number of carbonyl (C=O) groups excluding carboxylic acids is 2. The lowest BCUT2D eigenvalue weighted by Gasteiger charge is -2.31. The number of hydrogen-bond acceptors (Lipinski definition) is 6. The zero-order valence-corrected chi connectivity index (χ0v) is 16.6. The van der Waals surface area contributed by atoms with Crippen molar-refractivity contribution in [2.24, 2.45) is 0 Å². The molecule has 0 unspecified atom stereocenters. The number of ether oxygens (including phenoxy) is 4. The van der Waals surface area contributed by atoms with Crippen LogP contribution in [0.1, 0.15) is 37.7 Å². The molecule has 0 radical (unpaired) electrons. The Morgan fingerprint density at radius 3 is 2.11 bits per heavy atom. The average Bonchev–Trinajstić information content (AvgIpc) is 2.71. The first-order chi connectivity index (χ1) is 13.0. The Labute approximate surface area is 160 Å². The van der Waals surface area contributed by atoms with E-state index in [9.17, 15) is 9.59 Å². The van der Waals surface area contributed by atoms with Gasteiger partial charge in [-0.3, -0.25) is 9.59 Å². The molecule has 1 aromatic carbocycles. The normalized spacial score (nSPS) is 14.4. The van der Waals surface area contributed by atoms with E-state index in [0.717, 1.165) is 25.7 Å². The van der Waals surface area contributed by atoms with Crippen LogP contribution in [0.4, 0.5) is 0 Å². The van der Waals surface area contributed by atoms with Gasteiger partial charge in [-0.25, -0.2) is 0 Å². The Hall–Kier alpha value is -2.44. The van der Waals surface area contributed by atoms with Gasteiger partial charge in [-0.05, 0) is 30.5 Å². The summed E-state index contributed by atoms with van der Waals surface area (Å²) < 4.78 is 21.0. The summed E-state index contributed by atoms with van der Waals surface area (Å²) in [7, 11) is 6.33. The molecular weight excluding hydrogens is 350 g/mol. The van der Waals surface area contributed by atoms with E-state index in [0.29, 0.717) is 22.8 Å². The molecule has 7 nitrogen and oxygen atoms in total. The molecule has 150 valence electrons. The maximum absolute atomic E-state index is 12.3. The third-order valence-electron chi connectivity index (χ3n) is 4.95. The Kier molecular flexibility index (Phi) is 7.76. The molecule has 0 saturated heterocycles. The lowest BCUT2D eigenvalue weighted by atomic mass is 9.94. The van der Waals surface area contributed by atoms with Crippen molar-refractivity contribution >= 4 is 11.9 Å². The second kappa shape index (κ2) is 10.0. The van der Waals surface area contributed by atoms with E-state index >= 15 is 0 Å². The highest BCUT2D eigenvalue weighted by Crippen LogP contribution is 2.38. The third-order valence-corrected chi connectivity index (χ3v) is 4.95. The van der Waals surface area contributed by atoms with Crippen molar-refractivity contribution in [3.05, 3.63) is 17.7 Å². The Morgan fingerprint density at radius 2 is 1.59 bits per heavy atom. The van der Waals surface area contributed by atoms with Crippen LogP contribution in [0.5, 0.6) is 17.2 Å². The van der Waals surface area contributed by atoms with Gasteiger partial charge in [0, 0.05) is 13.1 Å². The van der Waals surface area contributed by atoms with Crippen molar-refractivity contribution in [1.29, 1.82) is 0 Å². The Balaban J connectivity index is 1.92. The van der Waals surface area contributed by atoms with Crippen molar-refractivity contribution in [1.82, 2.24) is 4.90 Å². The summed E-state index contributed by atoms with van der Waals surface area (Å²) in [4.78, 5) is 26.2. The number of nitrogens with zero attached hydrogens (tertiary/aromatic N) is 1. The van der Waals surface area contributed by atoms with E-state index < -0.39 is 5.97 Å². The molecule has 1 saturated carbocycles. The Morgan fingerprint density at radius 1 is 1.00 bits per heavy atom. The highest BCUT2D eigenvalue weighted by atomic mass is 16.5. The van der Waals surface area contributed by atoms with E-state index in [-0.39, 0.29) is 25.0 Å². The molecule has 2 rings (SSSR count). The molecule has 0 heterocycles. The van der Waals surface area contributed by atoms with Gasteiger partial charge < -0.3 is 23.8 Å². The van der Waals surface area contributed by atoms with E-state index in [2.05, 4.69) is 0 Å². The minimum absolute atomic E-state index is 0.0110. The third kappa shape index (κ3) is 5.52. The minimum atomic E-state index is -0.477. The summed E-state index contributed by atoms with van der Waals surface area (Å²) in [6, 6.07) is 3.64. The standard InChI is InChI=1S/C20H29NO6/c1-21(15-8-6-5-7-9-15)18(22)13-27-19(23)12-14-10-16(24-2)20(26-4)17(11-14)25-3/h10-11,15H,5-9,12-13H2,1-4H3. The second-order valence-corrected chi connectivity index (χ2v) is 6.67. The fourth-order valence-corrected chi connectivity index (χ4v) is 3.37. The molecule has 1 fully saturated rings. The summed E-state index contributed by atoms with van der Waals surface area (Å²) in [5, 5.41) is 0. The van der Waals surface area contributed by atoms with Gasteiger partial charge in [0.2, 0.25) is 5.75 Å². The molecule has 27 heavy (non-hydrogen) atoms. The van der Waals surface area contributed by atoms with Crippen molar-refractivity contribution in [2.75, 3.05) is 35.0 Å². The summed E-state index contributed by atoms with van der Waals surface area (Å²) in [6.45, 7) is -0.240. The first kappa shape index (κ1) is 20.9. The summed E-state index contributed by atoms with van der Waals surface area (Å²) >= 11 is 0. The van der Waals surface area contributed by atoms with Crippen molar-refractivity contribution in [2.45, 2.75) is 44.6 Å². The summed E-state index contributed by atoms with van der Waals surface area (Å²) in [5.41, 5.74) is 0.655. The van der Waals surface area contributed by atoms with E-state index in [4.69, 9.17) is 18.9 Å². The van der Waals surface area contributed by atoms with Gasteiger partial charge >= 0.3 is 5.97 Å². The minimum Gasteiger partial charge on any atom is -0.493 e. The zero-order valence-electron chi connectivity index (χ0n) is 16.6. The molecule has 0 atom stereocenters. The van der Waals surface area contributed by atoms with Crippen LogP contribution in [0, 0.1) is 0 Å². The molecule has 1 aliphatic rings. The van der Waals surface area contributed by atoms with Gasteiger partial charge in [-0.2, -0.15) is 0 Å². The first-order valence-electron chi connectivity index (χ1n) is 9.20. The van der Waals surface area contributed by atoms with Crippen LogP contribution in [-0.4, -0.2) is 57.8 Å².